The average Bonchev–Trinajstić information content (AvgIpc) is 3.55. The van der Waals surface area contributed by atoms with Crippen molar-refractivity contribution in [2.24, 2.45) is 0 Å². The number of pyridine rings is 1. The van der Waals surface area contributed by atoms with Crippen LogP contribution in [0.3, 0.4) is 0 Å². The highest BCUT2D eigenvalue weighted by atomic mass is 16.5. The van der Waals surface area contributed by atoms with Gasteiger partial charge in [-0.3, -0.25) is 4.79 Å². The van der Waals surface area contributed by atoms with Crippen molar-refractivity contribution in [3.05, 3.63) is 79.0 Å². The van der Waals surface area contributed by atoms with E-state index in [0.717, 1.165) is 58.0 Å². The molecule has 1 saturated heterocycles. The summed E-state index contributed by atoms with van der Waals surface area (Å²) in [5.41, 5.74) is 3.50. The molecular weight excluding hydrogens is 468 g/mol. The van der Waals surface area contributed by atoms with Gasteiger partial charge >= 0.3 is 0 Å². The minimum Gasteiger partial charge on any atom is -0.488 e. The standard InChI is InChI=1S/C28H26N6O3/c1-18-13-20(3-6-26(18)37-22-7-10-33-12-9-29-27(33)15-22)32-28-24-14-21(4-5-25(24)30-17-31-28)36-23-8-11-34(16-23)19(2)35/h3-7,9-10,12-15,17,23H,8,11,16H2,1-2H3,(H,30,31,32)/t23-/m0/s1. The summed E-state index contributed by atoms with van der Waals surface area (Å²) in [7, 11) is 0. The number of hydrogen-bond acceptors (Lipinski definition) is 7. The smallest absolute Gasteiger partial charge is 0.219 e. The Morgan fingerprint density at radius 3 is 2.78 bits per heavy atom. The number of amides is 1. The Labute approximate surface area is 213 Å². The number of likely N-dealkylation sites (tertiary alicyclic amines) is 1. The third-order valence-electron chi connectivity index (χ3n) is 6.53. The van der Waals surface area contributed by atoms with Crippen molar-refractivity contribution in [3.8, 4) is 17.2 Å². The normalized spacial score (nSPS) is 15.3. The van der Waals surface area contributed by atoms with Gasteiger partial charge in [0, 0.05) is 55.6 Å². The van der Waals surface area contributed by atoms with E-state index in [0.29, 0.717) is 12.4 Å². The van der Waals surface area contributed by atoms with E-state index >= 15 is 0 Å². The van der Waals surface area contributed by atoms with Crippen LogP contribution in [0.4, 0.5) is 11.5 Å². The Morgan fingerprint density at radius 1 is 1.03 bits per heavy atom. The van der Waals surface area contributed by atoms with Crippen molar-refractivity contribution < 1.29 is 14.3 Å². The van der Waals surface area contributed by atoms with E-state index in [-0.39, 0.29) is 12.0 Å². The van der Waals surface area contributed by atoms with Gasteiger partial charge in [-0.15, -0.1) is 0 Å². The topological polar surface area (TPSA) is 93.9 Å². The zero-order valence-corrected chi connectivity index (χ0v) is 20.6. The Bertz CT molecular complexity index is 1610. The van der Waals surface area contributed by atoms with E-state index < -0.39 is 0 Å². The van der Waals surface area contributed by atoms with Crippen LogP contribution in [0.5, 0.6) is 17.2 Å². The number of imidazole rings is 1. The third-order valence-corrected chi connectivity index (χ3v) is 6.53. The fourth-order valence-corrected chi connectivity index (χ4v) is 4.57. The summed E-state index contributed by atoms with van der Waals surface area (Å²) in [5, 5.41) is 4.27. The molecule has 0 radical (unpaired) electrons. The second kappa shape index (κ2) is 9.42. The Morgan fingerprint density at radius 2 is 1.95 bits per heavy atom. The molecule has 9 nitrogen and oxygen atoms in total. The molecule has 186 valence electrons. The lowest BCUT2D eigenvalue weighted by Crippen LogP contribution is -2.28. The van der Waals surface area contributed by atoms with Gasteiger partial charge in [0.15, 0.2) is 0 Å². The summed E-state index contributed by atoms with van der Waals surface area (Å²) >= 11 is 0. The molecule has 4 heterocycles. The first kappa shape index (κ1) is 22.8. The van der Waals surface area contributed by atoms with E-state index in [1.54, 1.807) is 19.4 Å². The number of rotatable bonds is 6. The van der Waals surface area contributed by atoms with Crippen molar-refractivity contribution in [2.45, 2.75) is 26.4 Å². The predicted octanol–water partition coefficient (Wildman–Crippen LogP) is 5.12. The van der Waals surface area contributed by atoms with Gasteiger partial charge in [0.2, 0.25) is 5.91 Å². The zero-order chi connectivity index (χ0) is 25.4. The molecule has 1 fully saturated rings. The van der Waals surface area contributed by atoms with Crippen molar-refractivity contribution in [1.82, 2.24) is 24.3 Å². The number of carbonyl (C=O) groups is 1. The molecule has 5 aromatic rings. The molecule has 1 amide bonds. The van der Waals surface area contributed by atoms with Gasteiger partial charge in [-0.05, 0) is 55.0 Å². The number of nitrogens with one attached hydrogen (secondary N) is 1. The van der Waals surface area contributed by atoms with Crippen LogP contribution in [0.2, 0.25) is 0 Å². The van der Waals surface area contributed by atoms with Gasteiger partial charge in [-0.1, -0.05) is 0 Å². The number of anilines is 2. The number of aromatic nitrogens is 4. The van der Waals surface area contributed by atoms with Crippen LogP contribution in [0.1, 0.15) is 18.9 Å². The van der Waals surface area contributed by atoms with Crippen molar-refractivity contribution in [1.29, 1.82) is 0 Å². The largest absolute Gasteiger partial charge is 0.488 e. The average molecular weight is 495 g/mol. The minimum absolute atomic E-state index is 0.0215. The van der Waals surface area contributed by atoms with Gasteiger partial charge in [0.25, 0.3) is 0 Å². The molecule has 0 saturated carbocycles. The molecule has 0 aliphatic carbocycles. The van der Waals surface area contributed by atoms with Crippen LogP contribution in [0, 0.1) is 6.92 Å². The molecule has 1 aliphatic heterocycles. The first-order valence-electron chi connectivity index (χ1n) is 12.2. The molecule has 0 bridgehead atoms. The summed E-state index contributed by atoms with van der Waals surface area (Å²) < 4.78 is 14.2. The highest BCUT2D eigenvalue weighted by Crippen LogP contribution is 2.31. The highest BCUT2D eigenvalue weighted by molar-refractivity contribution is 5.91. The first-order chi connectivity index (χ1) is 18.0. The summed E-state index contributed by atoms with van der Waals surface area (Å²) in [6, 6.07) is 15.5. The van der Waals surface area contributed by atoms with E-state index in [2.05, 4.69) is 20.3 Å². The van der Waals surface area contributed by atoms with Gasteiger partial charge in [0.1, 0.15) is 41.1 Å². The van der Waals surface area contributed by atoms with Gasteiger partial charge in [0.05, 0.1) is 12.1 Å². The summed E-state index contributed by atoms with van der Waals surface area (Å²) in [6.45, 7) is 4.92. The van der Waals surface area contributed by atoms with Crippen LogP contribution in [-0.2, 0) is 4.79 Å². The molecule has 9 heteroatoms. The van der Waals surface area contributed by atoms with Crippen LogP contribution in [-0.4, -0.2) is 49.4 Å². The zero-order valence-electron chi connectivity index (χ0n) is 20.6. The summed E-state index contributed by atoms with van der Waals surface area (Å²) in [6.07, 6.45) is 7.92. The number of carbonyl (C=O) groups excluding carboxylic acids is 1. The maximum atomic E-state index is 11.6. The fourth-order valence-electron chi connectivity index (χ4n) is 4.57. The van der Waals surface area contributed by atoms with Crippen molar-refractivity contribution in [3.63, 3.8) is 0 Å². The SMILES string of the molecule is CC(=O)N1CC[C@H](Oc2ccc3ncnc(Nc4ccc(Oc5ccn6ccnc6c5)c(C)c4)c3c2)C1. The summed E-state index contributed by atoms with van der Waals surface area (Å²) in [5.74, 6) is 2.99. The molecule has 0 spiro atoms. The number of hydrogen-bond donors (Lipinski definition) is 1. The Hall–Kier alpha value is -4.66. The third kappa shape index (κ3) is 4.75. The predicted molar refractivity (Wildman–Crippen MR) is 141 cm³/mol. The lowest BCUT2D eigenvalue weighted by molar-refractivity contribution is -0.128. The van der Waals surface area contributed by atoms with Crippen molar-refractivity contribution in [2.75, 3.05) is 18.4 Å². The first-order valence-corrected chi connectivity index (χ1v) is 12.2. The quantitative estimate of drug-likeness (QED) is 0.350. The number of aryl methyl sites for hydroxylation is 1. The number of benzene rings is 2. The van der Waals surface area contributed by atoms with E-state index in [9.17, 15) is 4.79 Å². The monoisotopic (exact) mass is 494 g/mol. The molecule has 3 aromatic heterocycles. The number of fused-ring (bicyclic) bond motifs is 2. The van der Waals surface area contributed by atoms with Gasteiger partial charge in [-0.2, -0.15) is 0 Å². The van der Waals surface area contributed by atoms with Crippen LogP contribution in [0.15, 0.2) is 73.4 Å². The second-order valence-corrected chi connectivity index (χ2v) is 9.16. The Balaban J connectivity index is 1.20. The van der Waals surface area contributed by atoms with E-state index in [1.165, 1.54) is 0 Å². The fraction of sp³-hybridized carbons (Fsp3) is 0.214. The lowest BCUT2D eigenvalue weighted by Gasteiger charge is -2.16. The minimum atomic E-state index is -0.0215. The van der Waals surface area contributed by atoms with Crippen LogP contribution < -0.4 is 14.8 Å². The molecule has 2 aromatic carbocycles. The van der Waals surface area contributed by atoms with Gasteiger partial charge < -0.3 is 24.1 Å². The molecule has 0 unspecified atom stereocenters. The second-order valence-electron chi connectivity index (χ2n) is 9.16. The lowest BCUT2D eigenvalue weighted by atomic mass is 10.2. The molecular formula is C28H26N6O3. The number of nitrogens with zero attached hydrogens (tertiary/aromatic N) is 5. The molecule has 37 heavy (non-hydrogen) atoms. The molecule has 6 rings (SSSR count). The molecule has 1 N–H and O–H groups in total. The van der Waals surface area contributed by atoms with E-state index in [4.69, 9.17) is 9.47 Å². The highest BCUT2D eigenvalue weighted by Gasteiger charge is 2.25. The van der Waals surface area contributed by atoms with E-state index in [1.807, 2.05) is 77.1 Å². The number of ether oxygens (including phenoxy) is 2. The molecule has 1 atom stereocenters. The molecule has 1 aliphatic rings. The van der Waals surface area contributed by atoms with Crippen molar-refractivity contribution >= 4 is 34.0 Å². The Kier molecular flexibility index (Phi) is 5.80. The maximum absolute atomic E-state index is 11.6. The van der Waals surface area contributed by atoms with Crippen LogP contribution >= 0.6 is 0 Å². The maximum Gasteiger partial charge on any atom is 0.219 e. The van der Waals surface area contributed by atoms with Crippen LogP contribution in [0.25, 0.3) is 16.6 Å². The van der Waals surface area contributed by atoms with Gasteiger partial charge in [-0.25, -0.2) is 15.0 Å². The summed E-state index contributed by atoms with van der Waals surface area (Å²) in [4.78, 5) is 26.7.